The number of rotatable bonds is 3. The first-order chi connectivity index (χ1) is 8.85. The zero-order valence-corrected chi connectivity index (χ0v) is 14.1. The maximum absolute atomic E-state index is 9.47. The topological polar surface area (TPSA) is 20.2 Å². The molecule has 0 atom stereocenters. The molecule has 100 valence electrons. The van der Waals surface area contributed by atoms with Crippen molar-refractivity contribution in [2.24, 2.45) is 0 Å². The van der Waals surface area contributed by atoms with E-state index in [0.717, 1.165) is 0 Å². The van der Waals surface area contributed by atoms with Gasteiger partial charge in [0.05, 0.1) is 15.2 Å². The highest BCUT2D eigenvalue weighted by atomic mass is 29.3. The molecule has 0 fully saturated rings. The lowest BCUT2D eigenvalue weighted by Crippen LogP contribution is -2.69. The Morgan fingerprint density at radius 3 is 1.53 bits per heavy atom. The summed E-state index contributed by atoms with van der Waals surface area (Å²) in [4.78, 5) is 0. The molecular formula is C16H22OSi2. The van der Waals surface area contributed by atoms with Crippen LogP contribution in [-0.4, -0.2) is 20.3 Å². The van der Waals surface area contributed by atoms with Gasteiger partial charge in [-0.05, 0) is 12.1 Å². The Kier molecular flexibility index (Phi) is 3.69. The van der Waals surface area contributed by atoms with Crippen LogP contribution in [0.2, 0.25) is 26.2 Å². The third kappa shape index (κ3) is 2.53. The molecule has 1 N–H and O–H groups in total. The van der Waals surface area contributed by atoms with Gasteiger partial charge in [-0.25, -0.2) is 0 Å². The SMILES string of the molecule is C[Si](C)(c1ccccc1)[Si](C)(C)c1ccc(O)cc1. The van der Waals surface area contributed by atoms with Crippen molar-refractivity contribution in [1.29, 1.82) is 0 Å². The van der Waals surface area contributed by atoms with E-state index in [9.17, 15) is 5.11 Å². The van der Waals surface area contributed by atoms with Gasteiger partial charge in [0.1, 0.15) is 5.75 Å². The minimum absolute atomic E-state index is 0.354. The standard InChI is InChI=1S/C16H22OSi2/c1-18(2,15-8-6-5-7-9-15)19(3,4)16-12-10-14(17)11-13-16/h5-13,17H,1-4H3. The molecule has 2 rings (SSSR count). The Labute approximate surface area is 117 Å². The predicted octanol–water partition coefficient (Wildman–Crippen LogP) is 3.00. The lowest BCUT2D eigenvalue weighted by molar-refractivity contribution is 0.475. The van der Waals surface area contributed by atoms with Crippen molar-refractivity contribution >= 4 is 25.6 Å². The van der Waals surface area contributed by atoms with Crippen molar-refractivity contribution in [3.8, 4) is 5.75 Å². The third-order valence-electron chi connectivity index (χ3n) is 4.65. The molecular weight excluding hydrogens is 264 g/mol. The van der Waals surface area contributed by atoms with E-state index < -0.39 is 15.2 Å². The van der Waals surface area contributed by atoms with Gasteiger partial charge in [-0.1, -0.05) is 79.0 Å². The van der Waals surface area contributed by atoms with Crippen LogP contribution in [0, 0.1) is 0 Å². The van der Waals surface area contributed by atoms with Crippen LogP contribution in [0.25, 0.3) is 0 Å². The molecule has 0 saturated carbocycles. The molecule has 0 aliphatic rings. The fourth-order valence-electron chi connectivity index (χ4n) is 2.45. The molecule has 0 unspecified atom stereocenters. The average molecular weight is 287 g/mol. The molecule has 2 aromatic rings. The van der Waals surface area contributed by atoms with E-state index in [1.165, 1.54) is 10.4 Å². The smallest absolute Gasteiger partial charge is 0.115 e. The lowest BCUT2D eigenvalue weighted by Gasteiger charge is -2.39. The van der Waals surface area contributed by atoms with E-state index in [4.69, 9.17) is 0 Å². The summed E-state index contributed by atoms with van der Waals surface area (Å²) >= 11 is 0. The maximum atomic E-state index is 9.47. The average Bonchev–Trinajstić information content (AvgIpc) is 2.40. The van der Waals surface area contributed by atoms with E-state index in [0.29, 0.717) is 5.75 Å². The number of phenols is 1. The van der Waals surface area contributed by atoms with E-state index in [1.807, 2.05) is 12.1 Å². The second kappa shape index (κ2) is 4.98. The summed E-state index contributed by atoms with van der Waals surface area (Å²) in [5.41, 5.74) is 0. The van der Waals surface area contributed by atoms with E-state index >= 15 is 0 Å². The summed E-state index contributed by atoms with van der Waals surface area (Å²) in [5.74, 6) is 0.354. The molecule has 0 aliphatic carbocycles. The van der Waals surface area contributed by atoms with Gasteiger partial charge in [0, 0.05) is 0 Å². The Morgan fingerprint density at radius 2 is 1.05 bits per heavy atom. The molecule has 0 radical (unpaired) electrons. The first kappa shape index (κ1) is 14.1. The van der Waals surface area contributed by atoms with Gasteiger partial charge in [0.2, 0.25) is 0 Å². The normalized spacial score (nSPS) is 12.4. The van der Waals surface area contributed by atoms with Crippen LogP contribution in [0.1, 0.15) is 0 Å². The molecule has 2 aromatic carbocycles. The highest BCUT2D eigenvalue weighted by molar-refractivity contribution is 7.49. The number of aromatic hydroxyl groups is 1. The first-order valence-electron chi connectivity index (χ1n) is 6.71. The van der Waals surface area contributed by atoms with Crippen molar-refractivity contribution in [2.75, 3.05) is 0 Å². The summed E-state index contributed by atoms with van der Waals surface area (Å²) < 4.78 is 0. The molecule has 0 bridgehead atoms. The minimum atomic E-state index is -1.54. The van der Waals surface area contributed by atoms with Gasteiger partial charge in [0.15, 0.2) is 0 Å². The van der Waals surface area contributed by atoms with Gasteiger partial charge in [-0.2, -0.15) is 0 Å². The number of phenolic OH excluding ortho intramolecular Hbond substituents is 1. The largest absolute Gasteiger partial charge is 0.508 e. The predicted molar refractivity (Wildman–Crippen MR) is 88.8 cm³/mol. The molecule has 19 heavy (non-hydrogen) atoms. The highest BCUT2D eigenvalue weighted by Crippen LogP contribution is 2.20. The quantitative estimate of drug-likeness (QED) is 0.860. The van der Waals surface area contributed by atoms with Crippen molar-refractivity contribution in [1.82, 2.24) is 0 Å². The van der Waals surface area contributed by atoms with Gasteiger partial charge < -0.3 is 5.11 Å². The maximum Gasteiger partial charge on any atom is 0.115 e. The molecule has 0 spiro atoms. The highest BCUT2D eigenvalue weighted by Gasteiger charge is 2.43. The molecule has 1 nitrogen and oxygen atoms in total. The number of benzene rings is 2. The summed E-state index contributed by atoms with van der Waals surface area (Å²) in [6, 6.07) is 18.8. The van der Waals surface area contributed by atoms with Crippen LogP contribution in [0.3, 0.4) is 0 Å². The van der Waals surface area contributed by atoms with E-state index in [1.54, 1.807) is 0 Å². The fourth-order valence-corrected chi connectivity index (χ4v) is 11.3. The number of hydrogen-bond acceptors (Lipinski definition) is 1. The zero-order valence-electron chi connectivity index (χ0n) is 12.1. The summed E-state index contributed by atoms with van der Waals surface area (Å²) in [7, 11) is -3.05. The van der Waals surface area contributed by atoms with Gasteiger partial charge in [0.25, 0.3) is 0 Å². The lowest BCUT2D eigenvalue weighted by atomic mass is 10.3. The second-order valence-electron chi connectivity index (χ2n) is 6.16. The van der Waals surface area contributed by atoms with Crippen LogP contribution in [-0.2, 0) is 0 Å². The monoisotopic (exact) mass is 286 g/mol. The fraction of sp³-hybridized carbons (Fsp3) is 0.250. The molecule has 3 heteroatoms. The van der Waals surface area contributed by atoms with Crippen LogP contribution < -0.4 is 10.4 Å². The van der Waals surface area contributed by atoms with Crippen molar-refractivity contribution in [2.45, 2.75) is 26.2 Å². The van der Waals surface area contributed by atoms with Crippen molar-refractivity contribution in [3.63, 3.8) is 0 Å². The third-order valence-corrected chi connectivity index (χ3v) is 22.4. The van der Waals surface area contributed by atoms with E-state index in [2.05, 4.69) is 68.7 Å². The zero-order chi connectivity index (χ0) is 14.1. The van der Waals surface area contributed by atoms with Gasteiger partial charge in [-0.3, -0.25) is 0 Å². The van der Waals surface area contributed by atoms with E-state index in [-0.39, 0.29) is 0 Å². The Bertz CT molecular complexity index is 545. The van der Waals surface area contributed by atoms with Crippen molar-refractivity contribution in [3.05, 3.63) is 54.6 Å². The first-order valence-corrected chi connectivity index (χ1v) is 13.7. The second-order valence-corrected chi connectivity index (χ2v) is 21.3. The Morgan fingerprint density at radius 1 is 0.632 bits per heavy atom. The van der Waals surface area contributed by atoms with Crippen LogP contribution in [0.4, 0.5) is 0 Å². The van der Waals surface area contributed by atoms with Crippen molar-refractivity contribution < 1.29 is 5.11 Å². The summed E-state index contributed by atoms with van der Waals surface area (Å²) in [5, 5.41) is 12.4. The van der Waals surface area contributed by atoms with Gasteiger partial charge in [-0.15, -0.1) is 0 Å². The van der Waals surface area contributed by atoms with Crippen LogP contribution in [0.15, 0.2) is 54.6 Å². The van der Waals surface area contributed by atoms with Crippen LogP contribution in [0.5, 0.6) is 5.75 Å². The Hall–Kier alpha value is -1.33. The van der Waals surface area contributed by atoms with Gasteiger partial charge >= 0.3 is 0 Å². The minimum Gasteiger partial charge on any atom is -0.508 e. The molecule has 0 amide bonds. The van der Waals surface area contributed by atoms with Crippen LogP contribution >= 0.6 is 0 Å². The molecule has 0 heterocycles. The Balaban J connectivity index is 2.46. The number of hydrogen-bond donors (Lipinski definition) is 1. The molecule has 0 saturated heterocycles. The summed E-state index contributed by atoms with van der Waals surface area (Å²) in [6.07, 6.45) is 0. The summed E-state index contributed by atoms with van der Waals surface area (Å²) in [6.45, 7) is 9.86. The molecule has 0 aliphatic heterocycles. The molecule has 0 aromatic heterocycles.